The van der Waals surface area contributed by atoms with Crippen LogP contribution in [0.15, 0.2) is 4.40 Å². The fourth-order valence-electron chi connectivity index (χ4n) is 0.0471. The standard InChI is InChI=1S/CHNO4S.Na/c3-1-2-7(4,5)6;/h(H,4,5,6);. The molecule has 0 saturated heterocycles. The van der Waals surface area contributed by atoms with Gasteiger partial charge in [-0.15, -0.1) is 0 Å². The molecule has 0 rings (SSSR count). The van der Waals surface area contributed by atoms with E-state index in [0.717, 1.165) is 0 Å². The third-order valence-electron chi connectivity index (χ3n) is 0.153. The van der Waals surface area contributed by atoms with Crippen LogP contribution in [-0.2, 0) is 15.1 Å². The largest absolute Gasteiger partial charge is 0.388 e. The number of carbonyl (C=O) groups excluding carboxylic acids is 1. The molecule has 0 aromatic rings. The Morgan fingerprint density at radius 3 is 1.88 bits per heavy atom. The van der Waals surface area contributed by atoms with Gasteiger partial charge in [0.15, 0.2) is 0 Å². The summed E-state index contributed by atoms with van der Waals surface area (Å²) in [5.74, 6) is 0. The van der Waals surface area contributed by atoms with E-state index in [2.05, 4.69) is 0 Å². The van der Waals surface area contributed by atoms with Gasteiger partial charge in [-0.25, -0.2) is 4.79 Å². The van der Waals surface area contributed by atoms with Crippen LogP contribution in [0.25, 0.3) is 0 Å². The predicted octanol–water partition coefficient (Wildman–Crippen LogP) is -1.26. The zero-order valence-corrected chi connectivity index (χ0v) is 6.84. The van der Waals surface area contributed by atoms with Crippen LogP contribution >= 0.6 is 0 Å². The zero-order valence-electron chi connectivity index (χ0n) is 4.03. The molecule has 0 aromatic carbocycles. The minimum Gasteiger partial charge on any atom is -0.267 e. The first-order chi connectivity index (χ1) is 3.06. The van der Waals surface area contributed by atoms with Gasteiger partial charge in [0.05, 0.1) is 0 Å². The molecule has 1 N–H and O–H groups in total. The molecule has 5 nitrogen and oxygen atoms in total. The molecule has 0 heterocycles. The third kappa shape index (κ3) is 9.56. The quantitative estimate of drug-likeness (QED) is 0.216. The summed E-state index contributed by atoms with van der Waals surface area (Å²) < 4.78 is 28.3. The first-order valence-corrected chi connectivity index (χ1v) is 2.52. The summed E-state index contributed by atoms with van der Waals surface area (Å²) in [7, 11) is -4.47. The van der Waals surface area contributed by atoms with E-state index in [9.17, 15) is 8.42 Å². The summed E-state index contributed by atoms with van der Waals surface area (Å²) in [6.07, 6.45) is 0.645. The topological polar surface area (TPSA) is 83.8 Å². The summed E-state index contributed by atoms with van der Waals surface area (Å²) >= 11 is 0. The number of hydrogen-bond donors (Lipinski definition) is 1. The molecule has 0 amide bonds. The molecular weight excluding hydrogens is 145 g/mol. The Kier molecular flexibility index (Phi) is 5.84. The maximum atomic E-state index is 9.36. The van der Waals surface area contributed by atoms with E-state index in [-0.39, 0.29) is 29.6 Å². The van der Waals surface area contributed by atoms with E-state index in [4.69, 9.17) is 9.35 Å². The molecule has 0 fully saturated rings. The molecule has 0 saturated carbocycles. The normalized spacial score (nSPS) is 8.62. The van der Waals surface area contributed by atoms with Gasteiger partial charge in [0, 0.05) is 29.6 Å². The van der Waals surface area contributed by atoms with Crippen molar-refractivity contribution in [2.75, 3.05) is 0 Å². The predicted molar refractivity (Wildman–Crippen MR) is 25.4 cm³/mol. The first-order valence-electron chi connectivity index (χ1n) is 1.13. The van der Waals surface area contributed by atoms with Gasteiger partial charge >= 0.3 is 10.3 Å². The molecule has 0 aromatic heterocycles. The van der Waals surface area contributed by atoms with Gasteiger partial charge in [0.25, 0.3) is 6.08 Å². The van der Waals surface area contributed by atoms with Crippen molar-refractivity contribution in [1.82, 2.24) is 0 Å². The number of hydrogen-bond acceptors (Lipinski definition) is 3. The van der Waals surface area contributed by atoms with Crippen LogP contribution in [0.2, 0.25) is 0 Å². The second-order valence-corrected chi connectivity index (χ2v) is 1.71. The van der Waals surface area contributed by atoms with Crippen LogP contribution in [0.1, 0.15) is 0 Å². The summed E-state index contributed by atoms with van der Waals surface area (Å²) in [6, 6.07) is 0. The molecule has 0 unspecified atom stereocenters. The van der Waals surface area contributed by atoms with E-state index in [0.29, 0.717) is 6.08 Å². The van der Waals surface area contributed by atoms with Crippen LogP contribution < -0.4 is 0 Å². The Balaban J connectivity index is 0. The smallest absolute Gasteiger partial charge is 0.267 e. The molecule has 0 bridgehead atoms. The van der Waals surface area contributed by atoms with Gasteiger partial charge in [-0.05, 0) is 0 Å². The Labute approximate surface area is 68.0 Å². The minimum atomic E-state index is -4.47. The van der Waals surface area contributed by atoms with E-state index in [1.807, 2.05) is 4.40 Å². The van der Waals surface area contributed by atoms with Crippen molar-refractivity contribution in [1.29, 1.82) is 0 Å². The zero-order chi connectivity index (χ0) is 5.91. The molecule has 41 valence electrons. The Morgan fingerprint density at radius 2 is 1.88 bits per heavy atom. The maximum Gasteiger partial charge on any atom is 0.388 e. The Morgan fingerprint density at radius 1 is 1.50 bits per heavy atom. The van der Waals surface area contributed by atoms with E-state index in [1.165, 1.54) is 0 Å². The third-order valence-corrected chi connectivity index (χ3v) is 0.458. The van der Waals surface area contributed by atoms with Crippen LogP contribution in [0, 0.1) is 0 Å². The molecule has 1 radical (unpaired) electrons. The molecule has 8 heavy (non-hydrogen) atoms. The average molecular weight is 146 g/mol. The van der Waals surface area contributed by atoms with Crippen molar-refractivity contribution in [3.05, 3.63) is 0 Å². The van der Waals surface area contributed by atoms with E-state index < -0.39 is 10.3 Å². The second-order valence-electron chi connectivity index (χ2n) is 0.630. The molecule has 0 aliphatic rings. The average Bonchev–Trinajstić information content (AvgIpc) is 1.30. The Hall–Kier alpha value is 0.290. The molecule has 7 heteroatoms. The molecule has 0 spiro atoms. The van der Waals surface area contributed by atoms with E-state index >= 15 is 0 Å². The summed E-state index contributed by atoms with van der Waals surface area (Å²) in [6.45, 7) is 0. The molecule has 0 aliphatic heterocycles. The fourth-order valence-corrected chi connectivity index (χ4v) is 0.141. The van der Waals surface area contributed by atoms with Crippen molar-refractivity contribution in [2.24, 2.45) is 4.40 Å². The second kappa shape index (κ2) is 4.20. The SMILES string of the molecule is O=C=NS(=O)(=O)O.[Na]. The van der Waals surface area contributed by atoms with Crippen molar-refractivity contribution in [2.45, 2.75) is 0 Å². The van der Waals surface area contributed by atoms with Gasteiger partial charge in [0.2, 0.25) is 0 Å². The molecular formula is CHNNaO4S. The monoisotopic (exact) mass is 146 g/mol. The van der Waals surface area contributed by atoms with Crippen LogP contribution in [-0.4, -0.2) is 48.6 Å². The van der Waals surface area contributed by atoms with Crippen molar-refractivity contribution in [3.63, 3.8) is 0 Å². The van der Waals surface area contributed by atoms with Gasteiger partial charge in [-0.2, -0.15) is 8.42 Å². The van der Waals surface area contributed by atoms with Crippen molar-refractivity contribution < 1.29 is 17.8 Å². The fraction of sp³-hybridized carbons (Fsp3) is 0. The Bertz CT molecular complexity index is 188. The van der Waals surface area contributed by atoms with Crippen molar-refractivity contribution in [3.8, 4) is 0 Å². The summed E-state index contributed by atoms with van der Waals surface area (Å²) in [5.41, 5.74) is 0. The molecule has 0 atom stereocenters. The molecule has 0 aliphatic carbocycles. The maximum absolute atomic E-state index is 9.36. The van der Waals surface area contributed by atoms with Gasteiger partial charge in [-0.1, -0.05) is 4.40 Å². The van der Waals surface area contributed by atoms with Crippen LogP contribution in [0.3, 0.4) is 0 Å². The summed E-state index contributed by atoms with van der Waals surface area (Å²) in [5, 5.41) is 0. The number of nitrogens with zero attached hydrogens (tertiary/aromatic N) is 1. The number of rotatable bonds is 1. The minimum absolute atomic E-state index is 0. The first kappa shape index (κ1) is 11.1. The number of isocyanates is 1. The van der Waals surface area contributed by atoms with E-state index in [1.54, 1.807) is 0 Å². The van der Waals surface area contributed by atoms with Crippen LogP contribution in [0.4, 0.5) is 0 Å². The van der Waals surface area contributed by atoms with Crippen molar-refractivity contribution >= 4 is 45.9 Å². The summed E-state index contributed by atoms with van der Waals surface area (Å²) in [4.78, 5) is 8.99. The van der Waals surface area contributed by atoms with Gasteiger partial charge in [0.1, 0.15) is 0 Å². The van der Waals surface area contributed by atoms with Gasteiger partial charge < -0.3 is 0 Å². The van der Waals surface area contributed by atoms with Crippen LogP contribution in [0.5, 0.6) is 0 Å². The van der Waals surface area contributed by atoms with Gasteiger partial charge in [-0.3, -0.25) is 4.55 Å².